The fourth-order valence-corrected chi connectivity index (χ4v) is 3.32. The molecule has 1 aromatic carbocycles. The van der Waals surface area contributed by atoms with E-state index in [4.69, 9.17) is 5.73 Å². The minimum Gasteiger partial charge on any atom is -0.393 e. The number of nitrogens with two attached hydrogens (primary N) is 1. The third kappa shape index (κ3) is 1.95. The Labute approximate surface area is 106 Å². The SMILES string of the molecule is Nc1cc(CN2CC3CCC2C3)ccc1[N+](=O)[O-]. The van der Waals surface area contributed by atoms with Gasteiger partial charge in [0.05, 0.1) is 4.92 Å². The molecule has 1 aliphatic heterocycles. The lowest BCUT2D eigenvalue weighted by atomic mass is 10.1. The first-order chi connectivity index (χ1) is 8.63. The number of nitrogen functional groups attached to an aromatic ring is 1. The first-order valence-corrected chi connectivity index (χ1v) is 6.40. The van der Waals surface area contributed by atoms with Crippen LogP contribution in [0, 0.1) is 16.0 Å². The zero-order valence-electron chi connectivity index (χ0n) is 10.2. The number of nitro benzene ring substituents is 1. The summed E-state index contributed by atoms with van der Waals surface area (Å²) in [5, 5.41) is 10.7. The van der Waals surface area contributed by atoms with Gasteiger partial charge < -0.3 is 5.73 Å². The van der Waals surface area contributed by atoms with Crippen LogP contribution in [0.15, 0.2) is 18.2 Å². The van der Waals surface area contributed by atoms with Crippen molar-refractivity contribution in [1.82, 2.24) is 4.90 Å². The van der Waals surface area contributed by atoms with Crippen LogP contribution < -0.4 is 5.73 Å². The Morgan fingerprint density at radius 2 is 2.28 bits per heavy atom. The van der Waals surface area contributed by atoms with E-state index in [1.54, 1.807) is 6.07 Å². The maximum absolute atomic E-state index is 10.7. The summed E-state index contributed by atoms with van der Waals surface area (Å²) in [6.07, 6.45) is 3.99. The average molecular weight is 247 g/mol. The maximum atomic E-state index is 10.7. The number of fused-ring (bicyclic) bond motifs is 2. The van der Waals surface area contributed by atoms with Gasteiger partial charge in [-0.15, -0.1) is 0 Å². The standard InChI is InChI=1S/C13H17N3O2/c14-12-6-10(2-4-13(12)16(17)18)8-15-7-9-1-3-11(15)5-9/h2,4,6,9,11H,1,3,5,7-8,14H2. The average Bonchev–Trinajstić information content (AvgIpc) is 2.90. The number of nitrogens with zero attached hydrogens (tertiary/aromatic N) is 2. The fraction of sp³-hybridized carbons (Fsp3) is 0.538. The third-order valence-corrected chi connectivity index (χ3v) is 4.20. The summed E-state index contributed by atoms with van der Waals surface area (Å²) in [5.74, 6) is 0.866. The van der Waals surface area contributed by atoms with Gasteiger partial charge in [0.25, 0.3) is 5.69 Å². The maximum Gasteiger partial charge on any atom is 0.292 e. The van der Waals surface area contributed by atoms with Crippen molar-refractivity contribution >= 4 is 11.4 Å². The molecule has 2 fully saturated rings. The molecule has 1 aromatic rings. The van der Waals surface area contributed by atoms with Crippen LogP contribution in [-0.4, -0.2) is 22.4 Å². The van der Waals surface area contributed by atoms with Crippen LogP contribution in [0.4, 0.5) is 11.4 Å². The number of hydrogen-bond donors (Lipinski definition) is 1. The molecule has 3 rings (SSSR count). The van der Waals surface area contributed by atoms with E-state index in [0.29, 0.717) is 6.04 Å². The van der Waals surface area contributed by atoms with Gasteiger partial charge in [0, 0.05) is 25.2 Å². The van der Waals surface area contributed by atoms with Crippen molar-refractivity contribution in [3.05, 3.63) is 33.9 Å². The Bertz CT molecular complexity index is 489. The topological polar surface area (TPSA) is 72.4 Å². The van der Waals surface area contributed by atoms with E-state index in [1.807, 2.05) is 6.07 Å². The molecule has 18 heavy (non-hydrogen) atoms. The van der Waals surface area contributed by atoms with Gasteiger partial charge in [-0.05, 0) is 36.8 Å². The molecule has 1 aliphatic carbocycles. The van der Waals surface area contributed by atoms with Crippen LogP contribution >= 0.6 is 0 Å². The van der Waals surface area contributed by atoms with Crippen LogP contribution in [0.1, 0.15) is 24.8 Å². The van der Waals surface area contributed by atoms with E-state index < -0.39 is 4.92 Å². The van der Waals surface area contributed by atoms with Gasteiger partial charge in [-0.3, -0.25) is 15.0 Å². The predicted octanol–water partition coefficient (Wildman–Crippen LogP) is 2.16. The Hall–Kier alpha value is -1.62. The van der Waals surface area contributed by atoms with Crippen LogP contribution in [0.2, 0.25) is 0 Å². The predicted molar refractivity (Wildman–Crippen MR) is 69.0 cm³/mol. The van der Waals surface area contributed by atoms with Crippen molar-refractivity contribution < 1.29 is 4.92 Å². The summed E-state index contributed by atoms with van der Waals surface area (Å²) in [6.45, 7) is 2.03. The van der Waals surface area contributed by atoms with Crippen LogP contribution in [0.5, 0.6) is 0 Å². The van der Waals surface area contributed by atoms with Gasteiger partial charge in [-0.2, -0.15) is 0 Å². The summed E-state index contributed by atoms with van der Waals surface area (Å²) in [7, 11) is 0. The highest BCUT2D eigenvalue weighted by molar-refractivity contribution is 5.59. The lowest BCUT2D eigenvalue weighted by molar-refractivity contribution is -0.383. The number of hydrogen-bond acceptors (Lipinski definition) is 4. The van der Waals surface area contributed by atoms with Gasteiger partial charge in [0.2, 0.25) is 0 Å². The highest BCUT2D eigenvalue weighted by Crippen LogP contribution is 2.38. The monoisotopic (exact) mass is 247 g/mol. The Morgan fingerprint density at radius 1 is 1.44 bits per heavy atom. The van der Waals surface area contributed by atoms with E-state index >= 15 is 0 Å². The molecule has 1 saturated heterocycles. The summed E-state index contributed by atoms with van der Waals surface area (Å²) < 4.78 is 0. The zero-order chi connectivity index (χ0) is 12.7. The fourth-order valence-electron chi connectivity index (χ4n) is 3.32. The molecular formula is C13H17N3O2. The Kier molecular flexibility index (Phi) is 2.70. The third-order valence-electron chi connectivity index (χ3n) is 4.20. The molecule has 2 unspecified atom stereocenters. The summed E-state index contributed by atoms with van der Waals surface area (Å²) in [6, 6.07) is 5.79. The molecule has 0 radical (unpaired) electrons. The Morgan fingerprint density at radius 3 is 2.83 bits per heavy atom. The lowest BCUT2D eigenvalue weighted by Gasteiger charge is -2.26. The molecular weight excluding hydrogens is 230 g/mol. The molecule has 5 nitrogen and oxygen atoms in total. The number of rotatable bonds is 3. The molecule has 2 aliphatic rings. The highest BCUT2D eigenvalue weighted by atomic mass is 16.6. The minimum absolute atomic E-state index is 0.00157. The first-order valence-electron chi connectivity index (χ1n) is 6.40. The molecule has 0 spiro atoms. The van der Waals surface area contributed by atoms with Crippen molar-refractivity contribution in [1.29, 1.82) is 0 Å². The second-order valence-electron chi connectivity index (χ2n) is 5.41. The zero-order valence-corrected chi connectivity index (χ0v) is 10.2. The second kappa shape index (κ2) is 4.24. The van der Waals surface area contributed by atoms with Crippen LogP contribution in [0.3, 0.4) is 0 Å². The van der Waals surface area contributed by atoms with Crippen LogP contribution in [-0.2, 0) is 6.54 Å². The normalized spacial score (nSPS) is 26.7. The molecule has 2 N–H and O–H groups in total. The van der Waals surface area contributed by atoms with Gasteiger partial charge in [0.15, 0.2) is 0 Å². The van der Waals surface area contributed by atoms with E-state index in [-0.39, 0.29) is 11.4 Å². The van der Waals surface area contributed by atoms with Crippen molar-refractivity contribution in [3.8, 4) is 0 Å². The molecule has 0 amide bonds. The number of likely N-dealkylation sites (tertiary alicyclic amines) is 1. The van der Waals surface area contributed by atoms with E-state index in [9.17, 15) is 10.1 Å². The van der Waals surface area contributed by atoms with Gasteiger partial charge >= 0.3 is 0 Å². The second-order valence-corrected chi connectivity index (χ2v) is 5.41. The molecule has 96 valence electrons. The van der Waals surface area contributed by atoms with E-state index in [2.05, 4.69) is 4.90 Å². The Balaban J connectivity index is 1.74. The molecule has 2 bridgehead atoms. The van der Waals surface area contributed by atoms with Gasteiger partial charge in [0.1, 0.15) is 5.69 Å². The molecule has 1 saturated carbocycles. The van der Waals surface area contributed by atoms with Crippen molar-refractivity contribution in [2.75, 3.05) is 12.3 Å². The van der Waals surface area contributed by atoms with E-state index in [1.165, 1.54) is 31.9 Å². The molecule has 5 heteroatoms. The van der Waals surface area contributed by atoms with Crippen LogP contribution in [0.25, 0.3) is 0 Å². The summed E-state index contributed by atoms with van der Waals surface area (Å²) >= 11 is 0. The number of piperidine rings is 1. The number of anilines is 1. The highest BCUT2D eigenvalue weighted by Gasteiger charge is 2.37. The number of nitro groups is 1. The van der Waals surface area contributed by atoms with Gasteiger partial charge in [-0.1, -0.05) is 6.07 Å². The first kappa shape index (κ1) is 11.5. The quantitative estimate of drug-likeness (QED) is 0.504. The minimum atomic E-state index is -0.434. The molecule has 2 atom stereocenters. The van der Waals surface area contributed by atoms with Crippen molar-refractivity contribution in [2.24, 2.45) is 5.92 Å². The van der Waals surface area contributed by atoms with Crippen molar-refractivity contribution in [2.45, 2.75) is 31.8 Å². The number of benzene rings is 1. The molecule has 1 heterocycles. The lowest BCUT2D eigenvalue weighted by Crippen LogP contribution is -2.31. The summed E-state index contributed by atoms with van der Waals surface area (Å²) in [4.78, 5) is 12.7. The smallest absolute Gasteiger partial charge is 0.292 e. The largest absolute Gasteiger partial charge is 0.393 e. The molecule has 0 aromatic heterocycles. The van der Waals surface area contributed by atoms with Crippen molar-refractivity contribution in [3.63, 3.8) is 0 Å². The van der Waals surface area contributed by atoms with E-state index in [0.717, 1.165) is 18.0 Å². The summed E-state index contributed by atoms with van der Waals surface area (Å²) in [5.41, 5.74) is 7.05. The van der Waals surface area contributed by atoms with Gasteiger partial charge in [-0.25, -0.2) is 0 Å².